The lowest BCUT2D eigenvalue weighted by Gasteiger charge is -2.12. The van der Waals surface area contributed by atoms with Crippen LogP contribution in [0.2, 0.25) is 0 Å². The number of carboxylic acid groups (broad SMARTS) is 1. The Bertz CT molecular complexity index is 487. The van der Waals surface area contributed by atoms with Crippen LogP contribution in [0.4, 0.5) is 4.79 Å². The topological polar surface area (TPSA) is 102 Å². The summed E-state index contributed by atoms with van der Waals surface area (Å²) in [6, 6.07) is 9.13. The molecule has 7 nitrogen and oxygen atoms in total. The van der Waals surface area contributed by atoms with Crippen molar-refractivity contribution in [2.75, 3.05) is 6.54 Å². The van der Waals surface area contributed by atoms with Gasteiger partial charge in [-0.1, -0.05) is 30.3 Å². The van der Waals surface area contributed by atoms with Crippen LogP contribution in [0, 0.1) is 0 Å². The van der Waals surface area contributed by atoms with Gasteiger partial charge in [-0.25, -0.2) is 9.59 Å². The number of aliphatic carboxylic acids is 1. The summed E-state index contributed by atoms with van der Waals surface area (Å²) in [5.74, 6) is -1.95. The predicted octanol–water partition coefficient (Wildman–Crippen LogP) is 1.32. The number of carboxylic acids is 1. The summed E-state index contributed by atoms with van der Waals surface area (Å²) in [4.78, 5) is 32.9. The van der Waals surface area contributed by atoms with Crippen molar-refractivity contribution < 1.29 is 29.0 Å². The number of alkyl carbamates (subject to hydrolysis) is 1. The average molecular weight is 295 g/mol. The molecule has 0 aromatic heterocycles. The maximum atomic E-state index is 11.4. The van der Waals surface area contributed by atoms with Crippen molar-refractivity contribution in [1.82, 2.24) is 5.32 Å². The summed E-state index contributed by atoms with van der Waals surface area (Å²) in [6.07, 6.45) is -1.97. The SMILES string of the molecule is CC(=O)O[C@@H](CCNC(=O)OCc1ccccc1)C(=O)O. The Morgan fingerprint density at radius 2 is 1.90 bits per heavy atom. The standard InChI is InChI=1S/C14H17NO6/c1-10(16)21-12(13(17)18)7-8-15-14(19)20-9-11-5-3-2-4-6-11/h2-6,12H,7-9H2,1H3,(H,15,19)(H,17,18)/t12-/m0/s1. The number of benzene rings is 1. The molecule has 7 heteroatoms. The first kappa shape index (κ1) is 16.5. The lowest BCUT2D eigenvalue weighted by Crippen LogP contribution is -2.33. The zero-order valence-electron chi connectivity index (χ0n) is 11.6. The van der Waals surface area contributed by atoms with Gasteiger partial charge < -0.3 is 19.9 Å². The molecule has 0 aliphatic rings. The molecule has 114 valence electrons. The lowest BCUT2D eigenvalue weighted by atomic mass is 10.2. The zero-order valence-corrected chi connectivity index (χ0v) is 11.6. The van der Waals surface area contributed by atoms with Gasteiger partial charge in [-0.2, -0.15) is 0 Å². The fraction of sp³-hybridized carbons (Fsp3) is 0.357. The summed E-state index contributed by atoms with van der Waals surface area (Å²) < 4.78 is 9.54. The first-order chi connectivity index (χ1) is 9.99. The number of carbonyl (C=O) groups is 3. The van der Waals surface area contributed by atoms with Gasteiger partial charge in [0.1, 0.15) is 6.61 Å². The summed E-state index contributed by atoms with van der Waals surface area (Å²) >= 11 is 0. The lowest BCUT2D eigenvalue weighted by molar-refractivity contribution is -0.162. The van der Waals surface area contributed by atoms with Crippen molar-refractivity contribution in [1.29, 1.82) is 0 Å². The molecule has 1 rings (SSSR count). The minimum atomic E-state index is -1.28. The molecule has 0 saturated heterocycles. The van der Waals surface area contributed by atoms with Gasteiger partial charge in [-0.3, -0.25) is 4.79 Å². The Balaban J connectivity index is 2.26. The average Bonchev–Trinajstić information content (AvgIpc) is 2.44. The number of esters is 1. The molecule has 0 spiro atoms. The maximum Gasteiger partial charge on any atom is 0.407 e. The maximum absolute atomic E-state index is 11.4. The van der Waals surface area contributed by atoms with Crippen molar-refractivity contribution in [2.45, 2.75) is 26.1 Å². The zero-order chi connectivity index (χ0) is 15.7. The van der Waals surface area contributed by atoms with Gasteiger partial charge in [-0.15, -0.1) is 0 Å². The van der Waals surface area contributed by atoms with Gasteiger partial charge in [0.25, 0.3) is 0 Å². The van der Waals surface area contributed by atoms with Gasteiger partial charge in [0.2, 0.25) is 0 Å². The normalized spacial score (nSPS) is 11.3. The van der Waals surface area contributed by atoms with Crippen LogP contribution in [0.25, 0.3) is 0 Å². The second-order valence-electron chi connectivity index (χ2n) is 4.21. The van der Waals surface area contributed by atoms with Crippen LogP contribution < -0.4 is 5.32 Å². The Labute approximate surface area is 121 Å². The van der Waals surface area contributed by atoms with Gasteiger partial charge in [0, 0.05) is 19.9 Å². The third-order valence-corrected chi connectivity index (χ3v) is 2.47. The summed E-state index contributed by atoms with van der Waals surface area (Å²) in [5, 5.41) is 11.2. The summed E-state index contributed by atoms with van der Waals surface area (Å²) in [5.41, 5.74) is 0.843. The first-order valence-electron chi connectivity index (χ1n) is 6.33. The van der Waals surface area contributed by atoms with Crippen molar-refractivity contribution in [3.05, 3.63) is 35.9 Å². The molecule has 1 aromatic rings. The molecular weight excluding hydrogens is 278 g/mol. The summed E-state index contributed by atoms with van der Waals surface area (Å²) in [6.45, 7) is 1.27. The van der Waals surface area contributed by atoms with E-state index in [1.807, 2.05) is 30.3 Å². The molecule has 1 aromatic carbocycles. The van der Waals surface area contributed by atoms with Crippen LogP contribution in [0.5, 0.6) is 0 Å². The van der Waals surface area contributed by atoms with E-state index in [0.29, 0.717) is 0 Å². The Morgan fingerprint density at radius 3 is 2.48 bits per heavy atom. The van der Waals surface area contributed by atoms with Crippen LogP contribution in [-0.2, 0) is 25.7 Å². The molecule has 0 aliphatic heterocycles. The molecule has 0 bridgehead atoms. The van der Waals surface area contributed by atoms with Crippen molar-refractivity contribution >= 4 is 18.0 Å². The number of ether oxygens (including phenoxy) is 2. The third-order valence-electron chi connectivity index (χ3n) is 2.47. The molecule has 0 fully saturated rings. The van der Waals surface area contributed by atoms with Crippen LogP contribution in [0.15, 0.2) is 30.3 Å². The highest BCUT2D eigenvalue weighted by atomic mass is 16.6. The van der Waals surface area contributed by atoms with E-state index in [4.69, 9.17) is 9.84 Å². The van der Waals surface area contributed by atoms with Gasteiger partial charge in [0.05, 0.1) is 0 Å². The van der Waals surface area contributed by atoms with Gasteiger partial charge >= 0.3 is 18.0 Å². The second-order valence-corrected chi connectivity index (χ2v) is 4.21. The molecule has 0 heterocycles. The van der Waals surface area contributed by atoms with E-state index in [0.717, 1.165) is 12.5 Å². The van der Waals surface area contributed by atoms with Crippen LogP contribution >= 0.6 is 0 Å². The Kier molecular flexibility index (Phi) is 6.73. The van der Waals surface area contributed by atoms with E-state index >= 15 is 0 Å². The fourth-order valence-electron chi connectivity index (χ4n) is 1.51. The number of hydrogen-bond acceptors (Lipinski definition) is 5. The van der Waals surface area contributed by atoms with E-state index in [9.17, 15) is 14.4 Å². The third kappa shape index (κ3) is 6.95. The molecular formula is C14H17NO6. The largest absolute Gasteiger partial charge is 0.479 e. The van der Waals surface area contributed by atoms with E-state index < -0.39 is 24.1 Å². The number of nitrogens with one attached hydrogen (secondary N) is 1. The minimum Gasteiger partial charge on any atom is -0.479 e. The highest BCUT2D eigenvalue weighted by Gasteiger charge is 2.20. The van der Waals surface area contributed by atoms with Crippen LogP contribution in [-0.4, -0.2) is 35.8 Å². The quantitative estimate of drug-likeness (QED) is 0.735. The fourth-order valence-corrected chi connectivity index (χ4v) is 1.51. The number of carbonyl (C=O) groups excluding carboxylic acids is 2. The van der Waals surface area contributed by atoms with E-state index in [-0.39, 0.29) is 19.6 Å². The van der Waals surface area contributed by atoms with Crippen molar-refractivity contribution in [2.24, 2.45) is 0 Å². The predicted molar refractivity (Wildman–Crippen MR) is 72.4 cm³/mol. The highest BCUT2D eigenvalue weighted by Crippen LogP contribution is 2.01. The number of rotatable bonds is 7. The smallest absolute Gasteiger partial charge is 0.407 e. The number of amides is 1. The monoisotopic (exact) mass is 295 g/mol. The molecule has 2 N–H and O–H groups in total. The molecule has 21 heavy (non-hydrogen) atoms. The van der Waals surface area contributed by atoms with Crippen LogP contribution in [0.3, 0.4) is 0 Å². The molecule has 0 unspecified atom stereocenters. The molecule has 0 radical (unpaired) electrons. The Morgan fingerprint density at radius 1 is 1.24 bits per heavy atom. The molecule has 1 atom stereocenters. The Hall–Kier alpha value is -2.57. The van der Waals surface area contributed by atoms with Gasteiger partial charge in [-0.05, 0) is 5.56 Å². The number of hydrogen-bond donors (Lipinski definition) is 2. The van der Waals surface area contributed by atoms with E-state index in [1.54, 1.807) is 0 Å². The second kappa shape index (κ2) is 8.57. The summed E-state index contributed by atoms with van der Waals surface area (Å²) in [7, 11) is 0. The highest BCUT2D eigenvalue weighted by molar-refractivity contribution is 5.77. The van der Waals surface area contributed by atoms with Gasteiger partial charge in [0.15, 0.2) is 6.10 Å². The molecule has 0 saturated carbocycles. The van der Waals surface area contributed by atoms with Crippen molar-refractivity contribution in [3.8, 4) is 0 Å². The van der Waals surface area contributed by atoms with Crippen molar-refractivity contribution in [3.63, 3.8) is 0 Å². The van der Waals surface area contributed by atoms with E-state index in [2.05, 4.69) is 10.1 Å². The van der Waals surface area contributed by atoms with Crippen LogP contribution in [0.1, 0.15) is 18.9 Å². The first-order valence-corrected chi connectivity index (χ1v) is 6.33. The minimum absolute atomic E-state index is 0.0257. The molecule has 1 amide bonds. The van der Waals surface area contributed by atoms with E-state index in [1.165, 1.54) is 0 Å². The molecule has 0 aliphatic carbocycles.